The minimum absolute atomic E-state index is 0. The second kappa shape index (κ2) is 14.8. The van der Waals surface area contributed by atoms with Crippen molar-refractivity contribution in [3.05, 3.63) is 30.3 Å². The summed E-state index contributed by atoms with van der Waals surface area (Å²) in [6.45, 7) is 12.5. The third-order valence-corrected chi connectivity index (χ3v) is 5.73. The highest BCUT2D eigenvalue weighted by molar-refractivity contribution is 14.0. The van der Waals surface area contributed by atoms with Crippen molar-refractivity contribution in [3.8, 4) is 0 Å². The second-order valence-electron chi connectivity index (χ2n) is 7.75. The molecule has 2 aliphatic rings. The number of ether oxygens (including phenoxy) is 1. The molecular weight excluding hydrogens is 491 g/mol. The Kier molecular flexibility index (Phi) is 12.4. The van der Waals surface area contributed by atoms with Crippen molar-refractivity contribution in [2.24, 2.45) is 4.99 Å². The molecule has 0 radical (unpaired) electrons. The molecule has 3 rings (SSSR count). The number of nitrogens with zero attached hydrogens (tertiary/aromatic N) is 4. The highest BCUT2D eigenvalue weighted by Crippen LogP contribution is 2.15. The number of rotatable bonds is 9. The molecule has 0 spiro atoms. The van der Waals surface area contributed by atoms with Gasteiger partial charge in [-0.1, -0.05) is 18.2 Å². The summed E-state index contributed by atoms with van der Waals surface area (Å²) in [5.41, 5.74) is 1.35. The van der Waals surface area contributed by atoms with Gasteiger partial charge in [0, 0.05) is 71.6 Å². The Bertz CT molecular complexity index is 589. The largest absolute Gasteiger partial charge is 0.379 e. The van der Waals surface area contributed by atoms with Crippen LogP contribution in [-0.4, -0.2) is 101 Å². The zero-order chi connectivity index (χ0) is 20.2. The monoisotopic (exact) mass is 530 g/mol. The lowest BCUT2D eigenvalue weighted by Gasteiger charge is -2.36. The number of morpholine rings is 1. The Labute approximate surface area is 199 Å². The molecule has 1 aromatic carbocycles. The van der Waals surface area contributed by atoms with Crippen molar-refractivity contribution >= 4 is 35.6 Å². The van der Waals surface area contributed by atoms with E-state index in [2.05, 4.69) is 60.7 Å². The molecule has 0 amide bonds. The fourth-order valence-corrected chi connectivity index (χ4v) is 3.91. The number of hydrogen-bond acceptors (Lipinski definition) is 5. The number of para-hydroxylation sites is 1. The molecule has 1 aromatic rings. The smallest absolute Gasteiger partial charge is 0.191 e. The van der Waals surface area contributed by atoms with E-state index in [0.29, 0.717) is 0 Å². The molecule has 0 bridgehead atoms. The van der Waals surface area contributed by atoms with E-state index in [4.69, 9.17) is 4.74 Å². The van der Waals surface area contributed by atoms with Crippen molar-refractivity contribution < 1.29 is 4.74 Å². The number of anilines is 1. The van der Waals surface area contributed by atoms with E-state index in [1.165, 1.54) is 25.1 Å². The Hall–Kier alpha value is -1.10. The Morgan fingerprint density at radius 1 is 0.867 bits per heavy atom. The minimum Gasteiger partial charge on any atom is -0.379 e. The van der Waals surface area contributed by atoms with E-state index in [0.717, 1.165) is 78.1 Å². The molecule has 0 unspecified atom stereocenters. The van der Waals surface area contributed by atoms with Crippen LogP contribution in [0.4, 0.5) is 5.69 Å². The van der Waals surface area contributed by atoms with Crippen LogP contribution in [0.5, 0.6) is 0 Å². The summed E-state index contributed by atoms with van der Waals surface area (Å²) in [5.74, 6) is 0.912. The van der Waals surface area contributed by atoms with E-state index in [-0.39, 0.29) is 24.0 Å². The van der Waals surface area contributed by atoms with Gasteiger partial charge in [0.1, 0.15) is 0 Å². The lowest BCUT2D eigenvalue weighted by Crippen LogP contribution is -2.46. The molecule has 2 saturated heterocycles. The molecule has 0 aromatic heterocycles. The van der Waals surface area contributed by atoms with Gasteiger partial charge >= 0.3 is 0 Å². The molecule has 2 heterocycles. The van der Waals surface area contributed by atoms with Crippen LogP contribution in [-0.2, 0) is 4.74 Å². The molecule has 7 nitrogen and oxygen atoms in total. The lowest BCUT2D eigenvalue weighted by molar-refractivity contribution is 0.0389. The SMILES string of the molecule is CN=C(NCCCCN1CCN(c2ccccc2)CC1)NCCN1CCOCC1.I. The zero-order valence-corrected chi connectivity index (χ0v) is 20.7. The molecule has 0 saturated carbocycles. The van der Waals surface area contributed by atoms with Gasteiger partial charge < -0.3 is 20.3 Å². The van der Waals surface area contributed by atoms with Gasteiger partial charge in [0.05, 0.1) is 13.2 Å². The number of aliphatic imine (C=N–C) groups is 1. The summed E-state index contributed by atoms with van der Waals surface area (Å²) in [7, 11) is 1.84. The summed E-state index contributed by atoms with van der Waals surface area (Å²) in [6.07, 6.45) is 2.40. The molecule has 0 aliphatic carbocycles. The fraction of sp³-hybridized carbons (Fsp3) is 0.682. The van der Waals surface area contributed by atoms with Gasteiger partial charge in [0.25, 0.3) is 0 Å². The normalized spacial score (nSPS) is 18.7. The van der Waals surface area contributed by atoms with E-state index < -0.39 is 0 Å². The van der Waals surface area contributed by atoms with Crippen LogP contribution < -0.4 is 15.5 Å². The fourth-order valence-electron chi connectivity index (χ4n) is 3.91. The van der Waals surface area contributed by atoms with Crippen molar-refractivity contribution in [1.29, 1.82) is 0 Å². The average molecular weight is 530 g/mol. The Morgan fingerprint density at radius 2 is 1.53 bits per heavy atom. The van der Waals surface area contributed by atoms with Crippen LogP contribution in [0, 0.1) is 0 Å². The van der Waals surface area contributed by atoms with E-state index in [9.17, 15) is 0 Å². The first kappa shape index (κ1) is 25.2. The second-order valence-corrected chi connectivity index (χ2v) is 7.75. The van der Waals surface area contributed by atoms with Gasteiger partial charge in [-0.3, -0.25) is 14.8 Å². The molecular formula is C22H39IN6O. The maximum atomic E-state index is 5.39. The van der Waals surface area contributed by atoms with E-state index >= 15 is 0 Å². The number of benzene rings is 1. The van der Waals surface area contributed by atoms with Gasteiger partial charge in [-0.25, -0.2) is 0 Å². The topological polar surface area (TPSA) is 55.4 Å². The molecule has 2 fully saturated rings. The van der Waals surface area contributed by atoms with Gasteiger partial charge in [-0.2, -0.15) is 0 Å². The van der Waals surface area contributed by atoms with Crippen LogP contribution in [0.3, 0.4) is 0 Å². The number of piperazine rings is 1. The summed E-state index contributed by atoms with van der Waals surface area (Å²) in [6, 6.07) is 10.8. The first-order valence-corrected chi connectivity index (χ1v) is 11.1. The van der Waals surface area contributed by atoms with E-state index in [1.807, 2.05) is 7.05 Å². The third kappa shape index (κ3) is 8.95. The predicted molar refractivity (Wildman–Crippen MR) is 136 cm³/mol. The van der Waals surface area contributed by atoms with Crippen LogP contribution in [0.25, 0.3) is 0 Å². The van der Waals surface area contributed by atoms with Crippen LogP contribution >= 0.6 is 24.0 Å². The van der Waals surface area contributed by atoms with Crippen molar-refractivity contribution in [3.63, 3.8) is 0 Å². The van der Waals surface area contributed by atoms with Gasteiger partial charge in [0.2, 0.25) is 0 Å². The summed E-state index contributed by atoms with van der Waals surface area (Å²) < 4.78 is 5.39. The average Bonchev–Trinajstić information content (AvgIpc) is 2.79. The zero-order valence-electron chi connectivity index (χ0n) is 18.4. The number of unbranched alkanes of at least 4 members (excludes halogenated alkanes) is 1. The number of guanidine groups is 1. The van der Waals surface area contributed by atoms with Gasteiger partial charge in [-0.05, 0) is 31.5 Å². The molecule has 2 aliphatic heterocycles. The summed E-state index contributed by atoms with van der Waals surface area (Å²) >= 11 is 0. The highest BCUT2D eigenvalue weighted by atomic mass is 127. The number of halogens is 1. The third-order valence-electron chi connectivity index (χ3n) is 5.73. The first-order valence-electron chi connectivity index (χ1n) is 11.1. The molecule has 30 heavy (non-hydrogen) atoms. The summed E-state index contributed by atoms with van der Waals surface area (Å²) in [4.78, 5) is 11.8. The Balaban J connectivity index is 0.00000320. The Morgan fingerprint density at radius 3 is 2.23 bits per heavy atom. The minimum atomic E-state index is 0. The first-order chi connectivity index (χ1) is 14.3. The molecule has 170 valence electrons. The maximum absolute atomic E-state index is 5.39. The van der Waals surface area contributed by atoms with Crippen LogP contribution in [0.2, 0.25) is 0 Å². The van der Waals surface area contributed by atoms with Crippen molar-refractivity contribution in [2.45, 2.75) is 12.8 Å². The lowest BCUT2D eigenvalue weighted by atomic mass is 10.2. The molecule has 0 atom stereocenters. The predicted octanol–water partition coefficient (Wildman–Crippen LogP) is 1.70. The highest BCUT2D eigenvalue weighted by Gasteiger charge is 2.16. The van der Waals surface area contributed by atoms with Crippen LogP contribution in [0.1, 0.15) is 12.8 Å². The standard InChI is InChI=1S/C22H38N6O.HI/c1-23-22(25-10-12-27-17-19-29-20-18-27)24-9-5-6-11-26-13-15-28(16-14-26)21-7-3-2-4-8-21;/h2-4,7-8H,5-6,9-20H2,1H3,(H2,23,24,25);1H. The quantitative estimate of drug-likeness (QED) is 0.220. The van der Waals surface area contributed by atoms with Gasteiger partial charge in [-0.15, -0.1) is 24.0 Å². The molecule has 8 heteroatoms. The van der Waals surface area contributed by atoms with Crippen molar-refractivity contribution in [2.75, 3.05) is 90.6 Å². The number of hydrogen-bond donors (Lipinski definition) is 2. The number of nitrogens with one attached hydrogen (secondary N) is 2. The van der Waals surface area contributed by atoms with E-state index in [1.54, 1.807) is 0 Å². The molecule has 2 N–H and O–H groups in total. The van der Waals surface area contributed by atoms with Crippen molar-refractivity contribution in [1.82, 2.24) is 20.4 Å². The maximum Gasteiger partial charge on any atom is 0.191 e. The summed E-state index contributed by atoms with van der Waals surface area (Å²) in [5, 5.41) is 6.86. The van der Waals surface area contributed by atoms with Crippen LogP contribution in [0.15, 0.2) is 35.3 Å². The van der Waals surface area contributed by atoms with Gasteiger partial charge in [0.15, 0.2) is 5.96 Å².